The molecule has 3 aromatic carbocycles. The minimum absolute atomic E-state index is 0. The summed E-state index contributed by atoms with van der Waals surface area (Å²) in [6.07, 6.45) is 2.63. The first-order valence-corrected chi connectivity index (χ1v) is 11.8. The van der Waals surface area contributed by atoms with E-state index < -0.39 is 11.7 Å². The molecular weight excluding hydrogens is 488 g/mol. The maximum absolute atomic E-state index is 14.7. The van der Waals surface area contributed by atoms with Gasteiger partial charge in [-0.05, 0) is 54.7 Å². The number of nitrogens with one attached hydrogen (secondary N) is 1. The van der Waals surface area contributed by atoms with E-state index in [9.17, 15) is 14.0 Å². The quantitative estimate of drug-likeness (QED) is 0.414. The summed E-state index contributed by atoms with van der Waals surface area (Å²) < 4.78 is 14.7. The Kier molecular flexibility index (Phi) is 9.26. The zero-order chi connectivity index (χ0) is 24.1. The molecule has 1 fully saturated rings. The standard InChI is InChI=1S/C27H27ClFN3O2.ClH/c28-23-16-20(11-12-25(23)32-13-4-3-10-26(32)33)31-27(34)22(21-8-1-2-9-24(21)29)15-18-6-5-7-19(14-18)17-30;/h1-2,5-9,11-12,14,16,22H,3-4,10,13,15,17,30H2,(H,31,34);1H. The Morgan fingerprint density at radius 1 is 1.06 bits per heavy atom. The van der Waals surface area contributed by atoms with Gasteiger partial charge in [0.15, 0.2) is 0 Å². The lowest BCUT2D eigenvalue weighted by atomic mass is 9.90. The maximum Gasteiger partial charge on any atom is 0.232 e. The van der Waals surface area contributed by atoms with Crippen LogP contribution in [0.4, 0.5) is 15.8 Å². The minimum Gasteiger partial charge on any atom is -0.326 e. The monoisotopic (exact) mass is 515 g/mol. The summed E-state index contributed by atoms with van der Waals surface area (Å²) in [5.41, 5.74) is 9.03. The third-order valence-corrected chi connectivity index (χ3v) is 6.40. The summed E-state index contributed by atoms with van der Waals surface area (Å²) >= 11 is 6.48. The van der Waals surface area contributed by atoms with Crippen LogP contribution in [0.5, 0.6) is 0 Å². The Balaban J connectivity index is 0.00000342. The fourth-order valence-corrected chi connectivity index (χ4v) is 4.60. The average molecular weight is 516 g/mol. The van der Waals surface area contributed by atoms with Gasteiger partial charge < -0.3 is 16.0 Å². The first-order valence-electron chi connectivity index (χ1n) is 11.4. The van der Waals surface area contributed by atoms with E-state index in [1.165, 1.54) is 6.07 Å². The molecule has 0 bridgehead atoms. The molecule has 0 saturated carbocycles. The van der Waals surface area contributed by atoms with Crippen LogP contribution >= 0.6 is 24.0 Å². The number of anilines is 2. The molecule has 8 heteroatoms. The number of nitrogens with zero attached hydrogens (tertiary/aromatic N) is 1. The fourth-order valence-electron chi connectivity index (χ4n) is 4.31. The number of rotatable bonds is 7. The van der Waals surface area contributed by atoms with Gasteiger partial charge in [-0.3, -0.25) is 9.59 Å². The lowest BCUT2D eigenvalue weighted by Crippen LogP contribution is -2.35. The number of carbonyl (C=O) groups is 2. The zero-order valence-electron chi connectivity index (χ0n) is 19.2. The highest BCUT2D eigenvalue weighted by atomic mass is 35.5. The van der Waals surface area contributed by atoms with Gasteiger partial charge in [0.25, 0.3) is 0 Å². The van der Waals surface area contributed by atoms with Gasteiger partial charge in [0.2, 0.25) is 11.8 Å². The Hall–Kier alpha value is -2.93. The highest BCUT2D eigenvalue weighted by Gasteiger charge is 2.25. The number of benzene rings is 3. The van der Waals surface area contributed by atoms with Crippen molar-refractivity contribution in [3.05, 3.63) is 94.3 Å². The largest absolute Gasteiger partial charge is 0.326 e. The molecule has 3 N–H and O–H groups in total. The molecule has 0 aliphatic carbocycles. The van der Waals surface area contributed by atoms with Gasteiger partial charge in [-0.25, -0.2) is 4.39 Å². The SMILES string of the molecule is Cl.NCc1cccc(CC(C(=O)Nc2ccc(N3CCCCC3=O)c(Cl)c2)c2ccccc2F)c1. The number of halogens is 3. The van der Waals surface area contributed by atoms with Gasteiger partial charge in [0.05, 0.1) is 16.6 Å². The van der Waals surface area contributed by atoms with Crippen LogP contribution in [0.1, 0.15) is 41.9 Å². The summed E-state index contributed by atoms with van der Waals surface area (Å²) in [5.74, 6) is -1.49. The second-order valence-electron chi connectivity index (χ2n) is 8.46. The number of amides is 2. The number of hydrogen-bond donors (Lipinski definition) is 2. The normalized spacial score (nSPS) is 14.3. The molecule has 1 unspecified atom stereocenters. The second kappa shape index (κ2) is 12.2. The number of hydrogen-bond acceptors (Lipinski definition) is 3. The summed E-state index contributed by atoms with van der Waals surface area (Å²) in [6, 6.07) is 19.0. The van der Waals surface area contributed by atoms with Crippen molar-refractivity contribution in [3.8, 4) is 0 Å². The zero-order valence-corrected chi connectivity index (χ0v) is 20.7. The summed E-state index contributed by atoms with van der Waals surface area (Å²) in [6.45, 7) is 1.01. The molecular formula is C27H28Cl2FN3O2. The van der Waals surface area contributed by atoms with Crippen LogP contribution in [-0.4, -0.2) is 18.4 Å². The minimum atomic E-state index is -0.753. The van der Waals surface area contributed by atoms with E-state index in [0.717, 1.165) is 24.0 Å². The third-order valence-electron chi connectivity index (χ3n) is 6.09. The Morgan fingerprint density at radius 2 is 1.83 bits per heavy atom. The maximum atomic E-state index is 14.7. The summed E-state index contributed by atoms with van der Waals surface area (Å²) in [7, 11) is 0. The molecule has 184 valence electrons. The van der Waals surface area contributed by atoms with Crippen molar-refractivity contribution in [2.24, 2.45) is 5.73 Å². The molecule has 0 radical (unpaired) electrons. The van der Waals surface area contributed by atoms with Crippen LogP contribution in [0.25, 0.3) is 0 Å². The first kappa shape index (κ1) is 26.7. The average Bonchev–Trinajstić information content (AvgIpc) is 2.84. The Labute approximate surface area is 215 Å². The molecule has 1 atom stereocenters. The molecule has 0 aromatic heterocycles. The van der Waals surface area contributed by atoms with Gasteiger partial charge in [-0.15, -0.1) is 12.4 Å². The molecule has 1 aliphatic heterocycles. The summed E-state index contributed by atoms with van der Waals surface area (Å²) in [5, 5.41) is 3.26. The van der Waals surface area contributed by atoms with Crippen LogP contribution in [-0.2, 0) is 22.6 Å². The second-order valence-corrected chi connectivity index (χ2v) is 8.87. The van der Waals surface area contributed by atoms with Gasteiger partial charge in [-0.1, -0.05) is 54.1 Å². The van der Waals surface area contributed by atoms with Crippen molar-refractivity contribution in [3.63, 3.8) is 0 Å². The van der Waals surface area contributed by atoms with E-state index in [2.05, 4.69) is 5.32 Å². The van der Waals surface area contributed by atoms with Crippen LogP contribution in [0.3, 0.4) is 0 Å². The Bertz CT molecular complexity index is 1200. The topological polar surface area (TPSA) is 75.4 Å². The van der Waals surface area contributed by atoms with Crippen LogP contribution in [0.15, 0.2) is 66.7 Å². The molecule has 1 saturated heterocycles. The van der Waals surface area contributed by atoms with Crippen LogP contribution in [0, 0.1) is 5.82 Å². The molecule has 5 nitrogen and oxygen atoms in total. The van der Waals surface area contributed by atoms with E-state index in [4.69, 9.17) is 17.3 Å². The van der Waals surface area contributed by atoms with E-state index in [1.807, 2.05) is 24.3 Å². The highest BCUT2D eigenvalue weighted by molar-refractivity contribution is 6.34. The number of piperidine rings is 1. The van der Waals surface area contributed by atoms with Crippen molar-refractivity contribution >= 4 is 47.2 Å². The van der Waals surface area contributed by atoms with Gasteiger partial charge in [0.1, 0.15) is 5.82 Å². The van der Waals surface area contributed by atoms with Crippen molar-refractivity contribution in [2.75, 3.05) is 16.8 Å². The Morgan fingerprint density at radius 3 is 2.54 bits per heavy atom. The molecule has 3 aromatic rings. The molecule has 2 amide bonds. The summed E-state index contributed by atoms with van der Waals surface area (Å²) in [4.78, 5) is 27.3. The predicted molar refractivity (Wildman–Crippen MR) is 141 cm³/mol. The first-order chi connectivity index (χ1) is 16.5. The van der Waals surface area contributed by atoms with Crippen molar-refractivity contribution in [2.45, 2.75) is 38.1 Å². The van der Waals surface area contributed by atoms with Gasteiger partial charge in [-0.2, -0.15) is 0 Å². The number of carbonyl (C=O) groups excluding carboxylic acids is 2. The predicted octanol–water partition coefficient (Wildman–Crippen LogP) is 5.84. The smallest absolute Gasteiger partial charge is 0.232 e. The van der Waals surface area contributed by atoms with E-state index in [-0.39, 0.29) is 24.2 Å². The number of nitrogens with two attached hydrogens (primary N) is 1. The highest BCUT2D eigenvalue weighted by Crippen LogP contribution is 2.32. The lowest BCUT2D eigenvalue weighted by Gasteiger charge is -2.28. The molecule has 1 heterocycles. The molecule has 4 rings (SSSR count). The lowest BCUT2D eigenvalue weighted by molar-refractivity contribution is -0.119. The van der Waals surface area contributed by atoms with Gasteiger partial charge in [0, 0.05) is 30.8 Å². The van der Waals surface area contributed by atoms with Crippen LogP contribution < -0.4 is 16.0 Å². The fraction of sp³-hybridized carbons (Fsp3) is 0.259. The van der Waals surface area contributed by atoms with Gasteiger partial charge >= 0.3 is 0 Å². The van der Waals surface area contributed by atoms with Crippen LogP contribution in [0.2, 0.25) is 5.02 Å². The molecule has 35 heavy (non-hydrogen) atoms. The van der Waals surface area contributed by atoms with E-state index in [1.54, 1.807) is 41.3 Å². The van der Waals surface area contributed by atoms with Crippen molar-refractivity contribution in [1.82, 2.24) is 0 Å². The van der Waals surface area contributed by atoms with Crippen molar-refractivity contribution < 1.29 is 14.0 Å². The third kappa shape index (κ3) is 6.40. The van der Waals surface area contributed by atoms with E-state index in [0.29, 0.717) is 47.9 Å². The molecule has 0 spiro atoms. The molecule has 1 aliphatic rings. The van der Waals surface area contributed by atoms with Crippen molar-refractivity contribution in [1.29, 1.82) is 0 Å². The van der Waals surface area contributed by atoms with E-state index >= 15 is 0 Å².